The summed E-state index contributed by atoms with van der Waals surface area (Å²) in [6.45, 7) is 0. The van der Waals surface area contributed by atoms with Crippen molar-refractivity contribution in [3.8, 4) is 0 Å². The van der Waals surface area contributed by atoms with Gasteiger partial charge in [-0.05, 0) is 54.4 Å². The molecule has 0 heterocycles. The zero-order valence-electron chi connectivity index (χ0n) is 8.60. The van der Waals surface area contributed by atoms with Crippen LogP contribution in [0.2, 0.25) is 0 Å². The van der Waals surface area contributed by atoms with E-state index in [-0.39, 0.29) is 0 Å². The molecule has 0 spiro atoms. The highest BCUT2D eigenvalue weighted by Crippen LogP contribution is 2.39. The molecule has 0 aromatic heterocycles. The first-order valence-electron chi connectivity index (χ1n) is 5.48. The maximum Gasteiger partial charge on any atom is 0.316 e. The number of benzene rings is 1. The minimum absolute atomic E-state index is 0.440. The Balaban J connectivity index is 2.14. The first-order valence-corrected chi connectivity index (χ1v) is 5.48. The molecular formula is C12H14N2O. The number of urea groups is 1. The van der Waals surface area contributed by atoms with Crippen molar-refractivity contribution in [2.24, 2.45) is 5.73 Å². The molecule has 15 heavy (non-hydrogen) atoms. The molecule has 0 radical (unpaired) electrons. The average Bonchev–Trinajstić information content (AvgIpc) is 2.57. The van der Waals surface area contributed by atoms with Crippen molar-refractivity contribution >= 4 is 11.7 Å². The van der Waals surface area contributed by atoms with Crippen LogP contribution in [-0.2, 0) is 25.7 Å². The zero-order valence-corrected chi connectivity index (χ0v) is 8.60. The maximum absolute atomic E-state index is 11.0. The third kappa shape index (κ3) is 1.23. The number of anilines is 1. The Hall–Kier alpha value is -1.51. The second kappa shape index (κ2) is 2.99. The molecule has 0 aliphatic heterocycles. The van der Waals surface area contributed by atoms with Crippen LogP contribution < -0.4 is 11.1 Å². The van der Waals surface area contributed by atoms with Crippen LogP contribution in [0.3, 0.4) is 0 Å². The van der Waals surface area contributed by atoms with Crippen LogP contribution in [0.4, 0.5) is 10.5 Å². The Morgan fingerprint density at radius 1 is 1.13 bits per heavy atom. The summed E-state index contributed by atoms with van der Waals surface area (Å²) in [6, 6.07) is 1.87. The molecule has 0 atom stereocenters. The third-order valence-electron chi connectivity index (χ3n) is 3.49. The van der Waals surface area contributed by atoms with Crippen LogP contribution in [0.1, 0.15) is 28.7 Å². The molecule has 2 aliphatic rings. The molecule has 0 saturated carbocycles. The van der Waals surface area contributed by atoms with Crippen LogP contribution >= 0.6 is 0 Å². The lowest BCUT2D eigenvalue weighted by molar-refractivity contribution is 0.259. The van der Waals surface area contributed by atoms with Crippen LogP contribution in [0.5, 0.6) is 0 Å². The summed E-state index contributed by atoms with van der Waals surface area (Å²) in [6.07, 6.45) is 5.66. The number of hydrogen-bond donors (Lipinski definition) is 2. The molecule has 2 amide bonds. The van der Waals surface area contributed by atoms with Crippen molar-refractivity contribution in [1.29, 1.82) is 0 Å². The lowest BCUT2D eigenvalue weighted by Gasteiger charge is -2.25. The molecule has 3 N–H and O–H groups in total. The fourth-order valence-electron chi connectivity index (χ4n) is 2.72. The highest BCUT2D eigenvalue weighted by Gasteiger charge is 2.25. The van der Waals surface area contributed by atoms with Gasteiger partial charge in [-0.3, -0.25) is 0 Å². The van der Waals surface area contributed by atoms with Crippen molar-refractivity contribution < 1.29 is 4.79 Å². The van der Waals surface area contributed by atoms with Crippen LogP contribution in [0, 0.1) is 0 Å². The lowest BCUT2D eigenvalue weighted by Crippen LogP contribution is -2.24. The van der Waals surface area contributed by atoms with E-state index < -0.39 is 6.03 Å². The fourth-order valence-corrected chi connectivity index (χ4v) is 2.72. The summed E-state index contributed by atoms with van der Waals surface area (Å²) in [5, 5.41) is 2.80. The largest absolute Gasteiger partial charge is 0.351 e. The summed E-state index contributed by atoms with van der Waals surface area (Å²) in [4.78, 5) is 11.0. The minimum atomic E-state index is -0.440. The standard InChI is InChI=1S/C12H14N2O/c13-12(15)14-11-9-3-1-2-7(9)6-8-4-5-10(8)11/h6H,1-5H2,(H3,13,14,15). The summed E-state index contributed by atoms with van der Waals surface area (Å²) in [5.41, 5.74) is 11.7. The van der Waals surface area contributed by atoms with E-state index >= 15 is 0 Å². The quantitative estimate of drug-likeness (QED) is 0.716. The molecule has 1 aromatic carbocycles. The van der Waals surface area contributed by atoms with Gasteiger partial charge in [0.05, 0.1) is 0 Å². The predicted octanol–water partition coefficient (Wildman–Crippen LogP) is 1.76. The van der Waals surface area contributed by atoms with Crippen molar-refractivity contribution in [3.05, 3.63) is 28.3 Å². The molecule has 0 saturated heterocycles. The molecule has 0 unspecified atom stereocenters. The second-order valence-corrected chi connectivity index (χ2v) is 4.37. The van der Waals surface area contributed by atoms with E-state index in [2.05, 4.69) is 11.4 Å². The van der Waals surface area contributed by atoms with Crippen molar-refractivity contribution in [1.82, 2.24) is 0 Å². The van der Waals surface area contributed by atoms with E-state index in [0.717, 1.165) is 31.4 Å². The number of nitrogens with two attached hydrogens (primary N) is 1. The minimum Gasteiger partial charge on any atom is -0.351 e. The third-order valence-corrected chi connectivity index (χ3v) is 3.49. The smallest absolute Gasteiger partial charge is 0.316 e. The van der Waals surface area contributed by atoms with Gasteiger partial charge in [-0.2, -0.15) is 0 Å². The number of rotatable bonds is 1. The van der Waals surface area contributed by atoms with E-state index in [9.17, 15) is 4.79 Å². The first kappa shape index (κ1) is 8.77. The maximum atomic E-state index is 11.0. The van der Waals surface area contributed by atoms with Crippen LogP contribution in [0.15, 0.2) is 6.07 Å². The van der Waals surface area contributed by atoms with E-state index in [1.54, 1.807) is 0 Å². The van der Waals surface area contributed by atoms with Gasteiger partial charge >= 0.3 is 6.03 Å². The van der Waals surface area contributed by atoms with E-state index in [0.29, 0.717) is 0 Å². The van der Waals surface area contributed by atoms with E-state index in [1.807, 2.05) is 0 Å². The van der Waals surface area contributed by atoms with Crippen molar-refractivity contribution in [2.75, 3.05) is 5.32 Å². The second-order valence-electron chi connectivity index (χ2n) is 4.37. The molecular weight excluding hydrogens is 188 g/mol. The van der Waals surface area contributed by atoms with Crippen molar-refractivity contribution in [2.45, 2.75) is 32.1 Å². The number of amides is 2. The molecule has 78 valence electrons. The molecule has 2 aliphatic carbocycles. The van der Waals surface area contributed by atoms with Gasteiger partial charge in [0, 0.05) is 5.69 Å². The summed E-state index contributed by atoms with van der Waals surface area (Å²) in [7, 11) is 0. The Bertz CT molecular complexity index is 451. The van der Waals surface area contributed by atoms with Gasteiger partial charge in [0.15, 0.2) is 0 Å². The lowest BCUT2D eigenvalue weighted by atomic mass is 9.83. The van der Waals surface area contributed by atoms with Crippen LogP contribution in [0.25, 0.3) is 0 Å². The average molecular weight is 202 g/mol. The summed E-state index contributed by atoms with van der Waals surface area (Å²) in [5.74, 6) is 0. The Morgan fingerprint density at radius 2 is 1.87 bits per heavy atom. The number of hydrogen-bond acceptors (Lipinski definition) is 1. The molecule has 0 bridgehead atoms. The number of aryl methyl sites for hydroxylation is 2. The fraction of sp³-hybridized carbons (Fsp3) is 0.417. The predicted molar refractivity (Wildman–Crippen MR) is 59.1 cm³/mol. The summed E-state index contributed by atoms with van der Waals surface area (Å²) >= 11 is 0. The zero-order chi connectivity index (χ0) is 10.4. The Kier molecular flexibility index (Phi) is 1.75. The topological polar surface area (TPSA) is 55.1 Å². The number of carbonyl (C=O) groups is 1. The monoisotopic (exact) mass is 202 g/mol. The highest BCUT2D eigenvalue weighted by atomic mass is 16.2. The van der Waals surface area contributed by atoms with Crippen LogP contribution in [-0.4, -0.2) is 6.03 Å². The normalized spacial score (nSPS) is 16.5. The number of carbonyl (C=O) groups excluding carboxylic acids is 1. The van der Waals surface area contributed by atoms with Gasteiger partial charge in [-0.1, -0.05) is 6.07 Å². The number of primary amides is 1. The number of nitrogens with one attached hydrogen (secondary N) is 1. The molecule has 3 nitrogen and oxygen atoms in total. The molecule has 3 rings (SSSR count). The van der Waals surface area contributed by atoms with E-state index in [4.69, 9.17) is 5.73 Å². The Labute approximate surface area is 88.7 Å². The van der Waals surface area contributed by atoms with Gasteiger partial charge in [-0.15, -0.1) is 0 Å². The SMILES string of the molecule is NC(=O)Nc1c2c(cc3c1CC3)CCC2. The highest BCUT2D eigenvalue weighted by molar-refractivity contribution is 5.91. The van der Waals surface area contributed by atoms with Gasteiger partial charge in [0.1, 0.15) is 0 Å². The number of fused-ring (bicyclic) bond motifs is 2. The Morgan fingerprint density at radius 3 is 2.53 bits per heavy atom. The van der Waals surface area contributed by atoms with Gasteiger partial charge in [0.25, 0.3) is 0 Å². The van der Waals surface area contributed by atoms with Crippen molar-refractivity contribution in [3.63, 3.8) is 0 Å². The first-order chi connectivity index (χ1) is 7.25. The van der Waals surface area contributed by atoms with Gasteiger partial charge < -0.3 is 11.1 Å². The molecule has 3 heteroatoms. The molecule has 1 aromatic rings. The van der Waals surface area contributed by atoms with Gasteiger partial charge in [-0.25, -0.2) is 4.79 Å². The van der Waals surface area contributed by atoms with Gasteiger partial charge in [0.2, 0.25) is 0 Å². The summed E-state index contributed by atoms with van der Waals surface area (Å²) < 4.78 is 0. The molecule has 0 fully saturated rings. The van der Waals surface area contributed by atoms with E-state index in [1.165, 1.54) is 28.7 Å².